The third-order valence-electron chi connectivity index (χ3n) is 3.27. The second-order valence-corrected chi connectivity index (χ2v) is 6.75. The minimum absolute atomic E-state index is 0.135. The molecular formula is C16H20BrNO2S. The number of benzene rings is 1. The van der Waals surface area contributed by atoms with E-state index in [9.17, 15) is 0 Å². The Bertz CT molecular complexity index is 585. The van der Waals surface area contributed by atoms with Crippen LogP contribution in [-0.2, 0) is 13.0 Å². The molecule has 0 radical (unpaired) electrons. The normalized spacial score (nSPS) is 12.2. The van der Waals surface area contributed by atoms with Gasteiger partial charge in [0.2, 0.25) is 0 Å². The van der Waals surface area contributed by atoms with E-state index in [1.165, 1.54) is 4.88 Å². The molecule has 2 N–H and O–H groups in total. The fourth-order valence-corrected chi connectivity index (χ4v) is 3.41. The van der Waals surface area contributed by atoms with Crippen molar-refractivity contribution in [2.75, 3.05) is 7.11 Å². The first-order valence-electron chi connectivity index (χ1n) is 6.91. The fourth-order valence-electron chi connectivity index (χ4n) is 2.05. The van der Waals surface area contributed by atoms with Crippen LogP contribution in [0.5, 0.6) is 11.5 Å². The van der Waals surface area contributed by atoms with Crippen molar-refractivity contribution in [3.8, 4) is 11.5 Å². The summed E-state index contributed by atoms with van der Waals surface area (Å²) in [7, 11) is 1.66. The molecule has 3 nitrogen and oxygen atoms in total. The van der Waals surface area contributed by atoms with E-state index in [1.807, 2.05) is 12.1 Å². The molecule has 2 rings (SSSR count). The predicted molar refractivity (Wildman–Crippen MR) is 91.3 cm³/mol. The minimum atomic E-state index is 0.135. The zero-order chi connectivity index (χ0) is 15.2. The van der Waals surface area contributed by atoms with E-state index in [2.05, 4.69) is 40.4 Å². The standard InChI is InChI=1S/C16H20BrNO2S/c1-3-13(18)7-11-5-4-6-15(19-2)16(11)20-9-14-8-12(17)10-21-14/h4-6,8,10,13H,3,7,9,18H2,1-2H3. The Morgan fingerprint density at radius 3 is 2.81 bits per heavy atom. The first-order chi connectivity index (χ1) is 10.1. The molecule has 2 aromatic rings. The van der Waals surface area contributed by atoms with Gasteiger partial charge in [0.25, 0.3) is 0 Å². The number of halogens is 1. The lowest BCUT2D eigenvalue weighted by Gasteiger charge is -2.16. The molecule has 0 fully saturated rings. The first kappa shape index (κ1) is 16.3. The van der Waals surface area contributed by atoms with Gasteiger partial charge >= 0.3 is 0 Å². The maximum atomic E-state index is 6.08. The van der Waals surface area contributed by atoms with Crippen molar-refractivity contribution in [3.05, 3.63) is 44.6 Å². The summed E-state index contributed by atoms with van der Waals surface area (Å²) >= 11 is 5.13. The van der Waals surface area contributed by atoms with E-state index in [0.29, 0.717) is 6.61 Å². The minimum Gasteiger partial charge on any atom is -0.493 e. The van der Waals surface area contributed by atoms with Crippen LogP contribution in [0.1, 0.15) is 23.8 Å². The summed E-state index contributed by atoms with van der Waals surface area (Å²) in [5.74, 6) is 1.56. The SMILES string of the molecule is CCC(N)Cc1cccc(OC)c1OCc1cc(Br)cs1. The Hall–Kier alpha value is -1.04. The molecule has 1 heterocycles. The molecule has 114 valence electrons. The molecule has 1 unspecified atom stereocenters. The van der Waals surface area contributed by atoms with Crippen molar-refractivity contribution in [2.24, 2.45) is 5.73 Å². The highest BCUT2D eigenvalue weighted by molar-refractivity contribution is 9.10. The summed E-state index contributed by atoms with van der Waals surface area (Å²) in [4.78, 5) is 1.17. The Morgan fingerprint density at radius 2 is 2.19 bits per heavy atom. The zero-order valence-electron chi connectivity index (χ0n) is 12.3. The Morgan fingerprint density at radius 1 is 1.38 bits per heavy atom. The second kappa shape index (κ2) is 7.82. The summed E-state index contributed by atoms with van der Waals surface area (Å²) in [5, 5.41) is 2.05. The highest BCUT2D eigenvalue weighted by atomic mass is 79.9. The highest BCUT2D eigenvalue weighted by Gasteiger charge is 2.13. The number of hydrogen-bond donors (Lipinski definition) is 1. The lowest BCUT2D eigenvalue weighted by Crippen LogP contribution is -2.21. The van der Waals surface area contributed by atoms with Crippen LogP contribution < -0.4 is 15.2 Å². The molecular weight excluding hydrogens is 350 g/mol. The fraction of sp³-hybridized carbons (Fsp3) is 0.375. The molecule has 0 amide bonds. The number of hydrogen-bond acceptors (Lipinski definition) is 4. The van der Waals surface area contributed by atoms with Crippen LogP contribution in [0.4, 0.5) is 0 Å². The van der Waals surface area contributed by atoms with Crippen molar-refractivity contribution in [3.63, 3.8) is 0 Å². The summed E-state index contributed by atoms with van der Waals surface area (Å²) in [5.41, 5.74) is 7.17. The monoisotopic (exact) mass is 369 g/mol. The van der Waals surface area contributed by atoms with Gasteiger partial charge in [-0.1, -0.05) is 19.1 Å². The number of thiophene rings is 1. The van der Waals surface area contributed by atoms with E-state index >= 15 is 0 Å². The predicted octanol–water partition coefficient (Wildman–Crippen LogP) is 4.38. The Balaban J connectivity index is 2.18. The van der Waals surface area contributed by atoms with Gasteiger partial charge < -0.3 is 15.2 Å². The number of rotatable bonds is 7. The van der Waals surface area contributed by atoms with Crippen molar-refractivity contribution < 1.29 is 9.47 Å². The van der Waals surface area contributed by atoms with Crippen LogP contribution in [0.15, 0.2) is 34.1 Å². The lowest BCUT2D eigenvalue weighted by molar-refractivity contribution is 0.283. The average molecular weight is 370 g/mol. The van der Waals surface area contributed by atoms with E-state index in [0.717, 1.165) is 34.4 Å². The molecule has 1 aromatic carbocycles. The van der Waals surface area contributed by atoms with Gasteiger partial charge in [0, 0.05) is 20.8 Å². The third-order valence-corrected chi connectivity index (χ3v) is 4.94. The van der Waals surface area contributed by atoms with E-state index in [4.69, 9.17) is 15.2 Å². The zero-order valence-corrected chi connectivity index (χ0v) is 14.7. The highest BCUT2D eigenvalue weighted by Crippen LogP contribution is 2.33. The molecule has 0 spiro atoms. The number of ether oxygens (including phenoxy) is 2. The summed E-state index contributed by atoms with van der Waals surface area (Å²) in [6.07, 6.45) is 1.73. The van der Waals surface area contributed by atoms with Gasteiger partial charge in [-0.25, -0.2) is 0 Å². The van der Waals surface area contributed by atoms with Crippen molar-refractivity contribution >= 4 is 27.3 Å². The molecule has 1 atom stereocenters. The van der Waals surface area contributed by atoms with Gasteiger partial charge in [-0.3, -0.25) is 0 Å². The Kier molecular flexibility index (Phi) is 6.08. The van der Waals surface area contributed by atoms with Crippen molar-refractivity contribution in [1.82, 2.24) is 0 Å². The van der Waals surface area contributed by atoms with Crippen LogP contribution in [0.3, 0.4) is 0 Å². The molecule has 0 aliphatic rings. The first-order valence-corrected chi connectivity index (χ1v) is 8.58. The molecule has 5 heteroatoms. The van der Waals surface area contributed by atoms with Crippen molar-refractivity contribution in [2.45, 2.75) is 32.4 Å². The van der Waals surface area contributed by atoms with Crippen LogP contribution in [0.2, 0.25) is 0 Å². The lowest BCUT2D eigenvalue weighted by atomic mass is 10.0. The summed E-state index contributed by atoms with van der Waals surface area (Å²) in [6.45, 7) is 2.62. The molecule has 21 heavy (non-hydrogen) atoms. The van der Waals surface area contributed by atoms with Gasteiger partial charge in [0.1, 0.15) is 6.61 Å². The van der Waals surface area contributed by atoms with E-state index in [-0.39, 0.29) is 6.04 Å². The second-order valence-electron chi connectivity index (χ2n) is 4.84. The number of nitrogens with two attached hydrogens (primary N) is 1. The van der Waals surface area contributed by atoms with Gasteiger partial charge in [-0.15, -0.1) is 11.3 Å². The number of methoxy groups -OCH3 is 1. The molecule has 0 saturated heterocycles. The number of para-hydroxylation sites is 1. The van der Waals surface area contributed by atoms with Crippen molar-refractivity contribution in [1.29, 1.82) is 0 Å². The van der Waals surface area contributed by atoms with Crippen LogP contribution in [0, 0.1) is 0 Å². The largest absolute Gasteiger partial charge is 0.493 e. The van der Waals surface area contributed by atoms with E-state index < -0.39 is 0 Å². The molecule has 0 aliphatic carbocycles. The summed E-state index contributed by atoms with van der Waals surface area (Å²) < 4.78 is 12.5. The third kappa shape index (κ3) is 4.46. The van der Waals surface area contributed by atoms with Crippen LogP contribution >= 0.6 is 27.3 Å². The van der Waals surface area contributed by atoms with Crippen LogP contribution in [-0.4, -0.2) is 13.2 Å². The molecule has 0 bridgehead atoms. The quantitative estimate of drug-likeness (QED) is 0.787. The average Bonchev–Trinajstić information content (AvgIpc) is 2.91. The molecule has 0 saturated carbocycles. The summed E-state index contributed by atoms with van der Waals surface area (Å²) in [6, 6.07) is 8.15. The molecule has 0 aliphatic heterocycles. The van der Waals surface area contributed by atoms with E-state index in [1.54, 1.807) is 18.4 Å². The topological polar surface area (TPSA) is 44.5 Å². The Labute approximate surface area is 138 Å². The van der Waals surface area contributed by atoms with Crippen LogP contribution in [0.25, 0.3) is 0 Å². The van der Waals surface area contributed by atoms with Gasteiger partial charge in [0.05, 0.1) is 7.11 Å². The maximum Gasteiger partial charge on any atom is 0.164 e. The smallest absolute Gasteiger partial charge is 0.164 e. The molecule has 1 aromatic heterocycles. The van der Waals surface area contributed by atoms with Gasteiger partial charge in [-0.2, -0.15) is 0 Å². The van der Waals surface area contributed by atoms with Gasteiger partial charge in [0.15, 0.2) is 11.5 Å². The van der Waals surface area contributed by atoms with Gasteiger partial charge in [-0.05, 0) is 46.5 Å². The maximum absolute atomic E-state index is 6.08.